The second-order valence-electron chi connectivity index (χ2n) is 6.21. The second-order valence-corrected chi connectivity index (χ2v) is 6.21. The molecule has 1 unspecified atom stereocenters. The Balaban J connectivity index is 1.87. The van der Waals surface area contributed by atoms with Gasteiger partial charge in [-0.3, -0.25) is 4.79 Å². The number of nitriles is 1. The van der Waals surface area contributed by atoms with Gasteiger partial charge in [-0.15, -0.1) is 0 Å². The molecule has 2 aromatic carbocycles. The molecule has 1 aliphatic rings. The van der Waals surface area contributed by atoms with Gasteiger partial charge in [0.2, 0.25) is 0 Å². The first-order chi connectivity index (χ1) is 12.1. The van der Waals surface area contributed by atoms with E-state index in [-0.39, 0.29) is 30.8 Å². The first-order valence-corrected chi connectivity index (χ1v) is 8.34. The van der Waals surface area contributed by atoms with E-state index in [2.05, 4.69) is 11.0 Å². The molecule has 1 atom stereocenters. The first kappa shape index (κ1) is 17.2. The number of carbonyl (C=O) groups excluding carboxylic acids is 1. The van der Waals surface area contributed by atoms with Gasteiger partial charge in [0.15, 0.2) is 5.78 Å². The Kier molecular flexibility index (Phi) is 5.13. The minimum atomic E-state index is -0.931. The van der Waals surface area contributed by atoms with Crippen molar-refractivity contribution in [2.75, 3.05) is 24.6 Å². The predicted octanol–water partition coefficient (Wildman–Crippen LogP) is 2.27. The maximum absolute atomic E-state index is 12.2. The van der Waals surface area contributed by atoms with E-state index in [1.807, 2.05) is 36.4 Å². The molecule has 1 aliphatic heterocycles. The number of benzene rings is 2. The number of hydrogen-bond donors (Lipinski definition) is 2. The van der Waals surface area contributed by atoms with Crippen LogP contribution in [0.4, 0.5) is 5.69 Å². The quantitative estimate of drug-likeness (QED) is 0.460. The summed E-state index contributed by atoms with van der Waals surface area (Å²) in [4.78, 5) is 14.4. The zero-order valence-corrected chi connectivity index (χ0v) is 13.9. The first-order valence-electron chi connectivity index (χ1n) is 8.34. The van der Waals surface area contributed by atoms with Crippen molar-refractivity contribution in [1.82, 2.24) is 0 Å². The third-order valence-electron chi connectivity index (χ3n) is 4.32. The molecule has 0 aliphatic carbocycles. The molecule has 2 N–H and O–H groups in total. The van der Waals surface area contributed by atoms with Crippen LogP contribution in [0, 0.1) is 11.3 Å². The number of allylic oxidation sites excluding steroid dienone is 1. The van der Waals surface area contributed by atoms with Crippen molar-refractivity contribution >= 4 is 28.3 Å². The Labute approximate surface area is 146 Å². The van der Waals surface area contributed by atoms with Crippen LogP contribution in [0.5, 0.6) is 0 Å². The summed E-state index contributed by atoms with van der Waals surface area (Å²) in [6.45, 7) is 1.71. The van der Waals surface area contributed by atoms with Gasteiger partial charge in [0.25, 0.3) is 0 Å². The van der Waals surface area contributed by atoms with E-state index < -0.39 is 6.10 Å². The van der Waals surface area contributed by atoms with Crippen LogP contribution in [0.15, 0.2) is 42.0 Å². The van der Waals surface area contributed by atoms with Gasteiger partial charge in [-0.25, -0.2) is 0 Å². The summed E-state index contributed by atoms with van der Waals surface area (Å²) in [5, 5.41) is 29.7. The van der Waals surface area contributed by atoms with E-state index in [1.165, 1.54) is 5.69 Å². The van der Waals surface area contributed by atoms with Crippen LogP contribution in [-0.2, 0) is 4.79 Å². The number of aliphatic hydroxyl groups is 2. The lowest BCUT2D eigenvalue weighted by atomic mass is 10.0. The van der Waals surface area contributed by atoms with E-state index in [0.717, 1.165) is 29.4 Å². The van der Waals surface area contributed by atoms with E-state index >= 15 is 0 Å². The molecule has 0 aromatic heterocycles. The van der Waals surface area contributed by atoms with Gasteiger partial charge in [0.1, 0.15) is 6.07 Å². The molecule has 1 saturated heterocycles. The van der Waals surface area contributed by atoms with Crippen molar-refractivity contribution in [2.24, 2.45) is 0 Å². The molecule has 0 spiro atoms. The summed E-state index contributed by atoms with van der Waals surface area (Å²) in [5.41, 5.74) is 2.03. The molecule has 5 heteroatoms. The molecule has 128 valence electrons. The highest BCUT2D eigenvalue weighted by molar-refractivity contribution is 6.04. The third kappa shape index (κ3) is 4.05. The fourth-order valence-electron chi connectivity index (χ4n) is 2.80. The molecule has 0 amide bonds. The largest absolute Gasteiger partial charge is 0.394 e. The smallest absolute Gasteiger partial charge is 0.173 e. The lowest BCUT2D eigenvalue weighted by molar-refractivity contribution is -0.115. The Bertz CT molecular complexity index is 863. The maximum atomic E-state index is 12.2. The monoisotopic (exact) mass is 336 g/mol. The normalized spacial score (nSPS) is 15.1. The van der Waals surface area contributed by atoms with Crippen molar-refractivity contribution in [3.8, 4) is 6.07 Å². The van der Waals surface area contributed by atoms with Crippen LogP contribution in [0.3, 0.4) is 0 Å². The average Bonchev–Trinajstić information content (AvgIpc) is 3.48. The summed E-state index contributed by atoms with van der Waals surface area (Å²) >= 11 is 0. The minimum Gasteiger partial charge on any atom is -0.394 e. The number of hydrogen-bond acceptors (Lipinski definition) is 5. The number of aliphatic hydroxyl groups excluding tert-OH is 2. The van der Waals surface area contributed by atoms with E-state index in [9.17, 15) is 15.2 Å². The molecule has 25 heavy (non-hydrogen) atoms. The van der Waals surface area contributed by atoms with Crippen molar-refractivity contribution in [1.29, 1.82) is 5.26 Å². The standard InChI is InChI=1S/C20H20N2O3/c21-12-16(20(25)7-6-17(24)13-23)10-14-4-5-15-2-1-3-19(18(15)11-14)22-8-9-22/h1-5,10-11,17,23-24H,6-9,13H2/b16-10+. The van der Waals surface area contributed by atoms with Gasteiger partial charge in [0, 0.05) is 30.6 Å². The molecule has 0 saturated carbocycles. The van der Waals surface area contributed by atoms with Crippen LogP contribution in [0.25, 0.3) is 16.8 Å². The summed E-state index contributed by atoms with van der Waals surface area (Å²) in [7, 11) is 0. The zero-order chi connectivity index (χ0) is 17.8. The van der Waals surface area contributed by atoms with E-state index in [1.54, 1.807) is 6.08 Å². The molecule has 1 fully saturated rings. The second kappa shape index (κ2) is 7.47. The molecule has 3 rings (SSSR count). The number of nitrogens with zero attached hydrogens (tertiary/aromatic N) is 2. The van der Waals surface area contributed by atoms with E-state index in [0.29, 0.717) is 0 Å². The zero-order valence-electron chi connectivity index (χ0n) is 13.9. The lowest BCUT2D eigenvalue weighted by Crippen LogP contribution is -2.14. The molecule has 5 nitrogen and oxygen atoms in total. The Hall–Kier alpha value is -2.68. The fraction of sp³-hybridized carbons (Fsp3) is 0.300. The van der Waals surface area contributed by atoms with Crippen LogP contribution >= 0.6 is 0 Å². The summed E-state index contributed by atoms with van der Waals surface area (Å²) < 4.78 is 0. The summed E-state index contributed by atoms with van der Waals surface area (Å²) in [5.74, 6) is -0.325. The SMILES string of the molecule is N#C/C(=C\c1ccc2cccc(N3CC3)c2c1)C(=O)CCC(O)CO. The predicted molar refractivity (Wildman–Crippen MR) is 97.1 cm³/mol. The van der Waals surface area contributed by atoms with Gasteiger partial charge < -0.3 is 15.1 Å². The number of anilines is 1. The van der Waals surface area contributed by atoms with Crippen molar-refractivity contribution < 1.29 is 15.0 Å². The van der Waals surface area contributed by atoms with Gasteiger partial charge >= 0.3 is 0 Å². The summed E-state index contributed by atoms with van der Waals surface area (Å²) in [6, 6.07) is 14.0. The lowest BCUT2D eigenvalue weighted by Gasteiger charge is -2.09. The molecule has 1 heterocycles. The minimum absolute atomic E-state index is 0.0354. The molecule has 2 aromatic rings. The molecule has 0 bridgehead atoms. The Morgan fingerprint density at radius 3 is 2.80 bits per heavy atom. The molecular formula is C20H20N2O3. The highest BCUT2D eigenvalue weighted by atomic mass is 16.3. The number of ketones is 1. The Morgan fingerprint density at radius 1 is 1.32 bits per heavy atom. The number of rotatable bonds is 7. The van der Waals surface area contributed by atoms with E-state index in [4.69, 9.17) is 5.11 Å². The maximum Gasteiger partial charge on any atom is 0.173 e. The molecule has 0 radical (unpaired) electrons. The van der Waals surface area contributed by atoms with Gasteiger partial charge in [-0.05, 0) is 35.6 Å². The molecular weight excluding hydrogens is 316 g/mol. The topological polar surface area (TPSA) is 84.3 Å². The van der Waals surface area contributed by atoms with Gasteiger partial charge in [-0.2, -0.15) is 5.26 Å². The number of fused-ring (bicyclic) bond motifs is 1. The van der Waals surface area contributed by atoms with Crippen molar-refractivity contribution in [3.63, 3.8) is 0 Å². The highest BCUT2D eigenvalue weighted by Crippen LogP contribution is 2.31. The van der Waals surface area contributed by atoms with Crippen molar-refractivity contribution in [2.45, 2.75) is 18.9 Å². The number of Topliss-reactive ketones (excluding diaryl/α,β-unsaturated/α-hetero) is 1. The summed E-state index contributed by atoms with van der Waals surface area (Å²) in [6.07, 6.45) is 0.838. The van der Waals surface area contributed by atoms with Crippen molar-refractivity contribution in [3.05, 3.63) is 47.5 Å². The van der Waals surface area contributed by atoms with Gasteiger partial charge in [0.05, 0.1) is 18.3 Å². The van der Waals surface area contributed by atoms with Crippen LogP contribution in [0.1, 0.15) is 18.4 Å². The fourth-order valence-corrected chi connectivity index (χ4v) is 2.80. The highest BCUT2D eigenvalue weighted by Gasteiger charge is 2.20. The van der Waals surface area contributed by atoms with Crippen LogP contribution in [-0.4, -0.2) is 41.8 Å². The average molecular weight is 336 g/mol. The number of carbonyl (C=O) groups is 1. The van der Waals surface area contributed by atoms with Gasteiger partial charge in [-0.1, -0.05) is 24.3 Å². The van der Waals surface area contributed by atoms with Crippen LogP contribution < -0.4 is 4.90 Å². The van der Waals surface area contributed by atoms with Crippen LogP contribution in [0.2, 0.25) is 0 Å². The third-order valence-corrected chi connectivity index (χ3v) is 4.32. The Morgan fingerprint density at radius 2 is 2.12 bits per heavy atom.